The largest absolute Gasteiger partial charge is 0.342 e. The van der Waals surface area contributed by atoms with E-state index < -0.39 is 0 Å². The highest BCUT2D eigenvalue weighted by molar-refractivity contribution is 5.89. The lowest BCUT2D eigenvalue weighted by molar-refractivity contribution is 0.481. The summed E-state index contributed by atoms with van der Waals surface area (Å²) in [6, 6.07) is 29.3. The number of fused-ring (bicyclic) bond motifs is 6. The number of benzene rings is 3. The Balaban J connectivity index is 1.36. The van der Waals surface area contributed by atoms with Gasteiger partial charge in [0.25, 0.3) is 0 Å². The fraction of sp³-hybridized carbons (Fsp3) is 0.256. The Morgan fingerprint density at radius 2 is 1.39 bits per heavy atom. The van der Waals surface area contributed by atoms with Crippen LogP contribution < -0.4 is 19.6 Å². The molecule has 0 N–H and O–H groups in total. The molecule has 0 fully saturated rings. The van der Waals surface area contributed by atoms with E-state index in [9.17, 15) is 0 Å². The first kappa shape index (κ1) is 27.2. The van der Waals surface area contributed by atoms with Gasteiger partial charge in [-0.3, -0.25) is 14.7 Å². The predicted octanol–water partition coefficient (Wildman–Crippen LogP) is 8.19. The highest BCUT2D eigenvalue weighted by atomic mass is 15.6. The molecule has 7 heteroatoms. The van der Waals surface area contributed by atoms with Crippen LogP contribution in [0.5, 0.6) is 0 Å². The van der Waals surface area contributed by atoms with Crippen molar-refractivity contribution in [3.05, 3.63) is 132 Å². The van der Waals surface area contributed by atoms with Crippen LogP contribution >= 0.6 is 0 Å². The summed E-state index contributed by atoms with van der Waals surface area (Å²) in [7, 11) is 0. The van der Waals surface area contributed by atoms with E-state index >= 15 is 0 Å². The van der Waals surface area contributed by atoms with Crippen molar-refractivity contribution < 1.29 is 0 Å². The number of hydrogen-bond acceptors (Lipinski definition) is 7. The van der Waals surface area contributed by atoms with Crippen LogP contribution in [0.1, 0.15) is 42.0 Å². The zero-order valence-electron chi connectivity index (χ0n) is 26.5. The molecule has 6 heterocycles. The molecule has 46 heavy (non-hydrogen) atoms. The number of aromatic nitrogens is 3. The number of nitrogens with zero attached hydrogens (tertiary/aromatic N) is 7. The number of hydrogen-bond donors (Lipinski definition) is 0. The zero-order chi connectivity index (χ0) is 31.1. The van der Waals surface area contributed by atoms with Crippen LogP contribution in [0.4, 0.5) is 40.2 Å². The topological polar surface area (TPSA) is 51.6 Å². The fourth-order valence-electron chi connectivity index (χ4n) is 8.39. The molecule has 3 aromatic carbocycles. The third kappa shape index (κ3) is 3.81. The lowest BCUT2D eigenvalue weighted by Gasteiger charge is -2.45. The second-order valence-corrected chi connectivity index (χ2v) is 13.2. The first-order valence-electron chi connectivity index (χ1n) is 16.4. The van der Waals surface area contributed by atoms with Crippen molar-refractivity contribution in [3.63, 3.8) is 0 Å². The molecule has 0 saturated heterocycles. The molecule has 228 valence electrons. The Morgan fingerprint density at radius 1 is 0.696 bits per heavy atom. The Bertz CT molecular complexity index is 1990. The van der Waals surface area contributed by atoms with Gasteiger partial charge >= 0.3 is 0 Å². The van der Waals surface area contributed by atoms with Crippen LogP contribution in [-0.4, -0.2) is 33.3 Å². The maximum absolute atomic E-state index is 5.09. The van der Waals surface area contributed by atoms with E-state index in [0.29, 0.717) is 11.8 Å². The number of anilines is 7. The molecule has 10 rings (SSSR count). The van der Waals surface area contributed by atoms with Crippen molar-refractivity contribution in [3.8, 4) is 0 Å². The zero-order valence-corrected chi connectivity index (χ0v) is 26.5. The summed E-state index contributed by atoms with van der Waals surface area (Å²) in [5, 5.41) is 0. The molecule has 0 saturated carbocycles. The van der Waals surface area contributed by atoms with Crippen LogP contribution in [0.15, 0.2) is 110 Å². The molecule has 4 unspecified atom stereocenters. The van der Waals surface area contributed by atoms with E-state index in [-0.39, 0.29) is 18.4 Å². The molecule has 5 aliphatic rings. The van der Waals surface area contributed by atoms with E-state index in [1.807, 2.05) is 18.6 Å². The highest BCUT2D eigenvalue weighted by Gasteiger charge is 2.54. The molecule has 0 radical (unpaired) electrons. The summed E-state index contributed by atoms with van der Waals surface area (Å²) in [5.74, 6) is 3.36. The van der Waals surface area contributed by atoms with Crippen LogP contribution in [0, 0.1) is 12.8 Å². The molecule has 4 aliphatic heterocycles. The molecular weight excluding hydrogens is 566 g/mol. The van der Waals surface area contributed by atoms with Crippen LogP contribution in [-0.2, 0) is 12.8 Å². The standard InChI is InChI=1S/C39H37N7/c1-5-28-21-26-12-15-29(16-13-26)44-36-37(42-20-19-41-36)46(33-17-14-27-22-30(28)31(33)23-27)39(44)38-43(24(2)3)34-11-8-18-40-35(34)45(38)32-10-7-6-9-25(32)4/h5-20,23-24,28,30,38-39H,1,21-22H2,2-4H3. The normalized spacial score (nSPS) is 22.2. The third-order valence-corrected chi connectivity index (χ3v) is 10.4. The van der Waals surface area contributed by atoms with E-state index in [2.05, 4.69) is 132 Å². The van der Waals surface area contributed by atoms with Crippen molar-refractivity contribution in [2.45, 2.75) is 57.9 Å². The lowest BCUT2D eigenvalue weighted by atomic mass is 9.82. The van der Waals surface area contributed by atoms with Gasteiger partial charge in [-0.15, -0.1) is 6.58 Å². The third-order valence-electron chi connectivity index (χ3n) is 10.4. The van der Waals surface area contributed by atoms with Gasteiger partial charge in [-0.1, -0.05) is 48.5 Å². The van der Waals surface area contributed by atoms with Crippen molar-refractivity contribution >= 4 is 40.2 Å². The molecule has 0 spiro atoms. The molecule has 5 aromatic rings. The van der Waals surface area contributed by atoms with Crippen LogP contribution in [0.25, 0.3) is 0 Å². The van der Waals surface area contributed by atoms with Gasteiger partial charge in [0.05, 0.1) is 5.69 Å². The van der Waals surface area contributed by atoms with Gasteiger partial charge in [0.1, 0.15) is 6.17 Å². The number of allylic oxidation sites excluding steroid dienone is 1. The number of para-hydroxylation sites is 1. The fourth-order valence-corrected chi connectivity index (χ4v) is 8.39. The molecule has 7 nitrogen and oxygen atoms in total. The van der Waals surface area contributed by atoms with Crippen molar-refractivity contribution in [1.82, 2.24) is 15.0 Å². The lowest BCUT2D eigenvalue weighted by Crippen LogP contribution is -2.61. The summed E-state index contributed by atoms with van der Waals surface area (Å²) in [4.78, 5) is 25.1. The predicted molar refractivity (Wildman–Crippen MR) is 186 cm³/mol. The molecule has 1 aliphatic carbocycles. The first-order valence-corrected chi connectivity index (χ1v) is 16.4. The highest BCUT2D eigenvalue weighted by Crippen LogP contribution is 2.55. The van der Waals surface area contributed by atoms with Gasteiger partial charge in [-0.05, 0) is 104 Å². The van der Waals surface area contributed by atoms with E-state index in [1.165, 1.54) is 27.9 Å². The SMILES string of the molecule is C=CC1Cc2ccc(cc2)N2c3nccnc3N(c3ccc4cc3C1C4)C2C1N(c2ccccc2C)c2ncccc2N1C(C)C. The molecule has 0 amide bonds. The minimum Gasteiger partial charge on any atom is -0.342 e. The van der Waals surface area contributed by atoms with E-state index in [1.54, 1.807) is 0 Å². The van der Waals surface area contributed by atoms with Gasteiger partial charge < -0.3 is 4.90 Å². The Kier molecular flexibility index (Phi) is 6.01. The minimum absolute atomic E-state index is 0.174. The maximum Gasteiger partial charge on any atom is 0.178 e. The van der Waals surface area contributed by atoms with Crippen molar-refractivity contribution in [2.24, 2.45) is 5.92 Å². The average Bonchev–Trinajstić information content (AvgIpc) is 3.71. The van der Waals surface area contributed by atoms with Crippen molar-refractivity contribution in [1.29, 1.82) is 0 Å². The summed E-state index contributed by atoms with van der Waals surface area (Å²) in [6.45, 7) is 11.1. The van der Waals surface area contributed by atoms with Crippen molar-refractivity contribution in [2.75, 3.05) is 19.6 Å². The molecule has 6 bridgehead atoms. The summed E-state index contributed by atoms with van der Waals surface area (Å²) < 4.78 is 0. The second-order valence-electron chi connectivity index (χ2n) is 13.2. The number of rotatable bonds is 4. The molecule has 2 aromatic heterocycles. The van der Waals surface area contributed by atoms with Gasteiger partial charge in [0, 0.05) is 41.7 Å². The Labute approximate surface area is 270 Å². The number of pyridine rings is 1. The smallest absolute Gasteiger partial charge is 0.178 e. The summed E-state index contributed by atoms with van der Waals surface area (Å²) >= 11 is 0. The minimum atomic E-state index is -0.232. The molecular formula is C39H37N7. The summed E-state index contributed by atoms with van der Waals surface area (Å²) in [5.41, 5.74) is 9.84. The Morgan fingerprint density at radius 3 is 2.15 bits per heavy atom. The monoisotopic (exact) mass is 603 g/mol. The second kappa shape index (κ2) is 10.2. The number of aryl methyl sites for hydroxylation is 1. The van der Waals surface area contributed by atoms with Crippen LogP contribution in [0.3, 0.4) is 0 Å². The van der Waals surface area contributed by atoms with Crippen LogP contribution in [0.2, 0.25) is 0 Å². The Hall–Kier alpha value is -5.17. The van der Waals surface area contributed by atoms with E-state index in [0.717, 1.165) is 47.4 Å². The van der Waals surface area contributed by atoms with Gasteiger partial charge in [0.2, 0.25) is 0 Å². The quantitative estimate of drug-likeness (QED) is 0.192. The van der Waals surface area contributed by atoms with E-state index in [4.69, 9.17) is 15.0 Å². The van der Waals surface area contributed by atoms with Gasteiger partial charge in [0.15, 0.2) is 23.6 Å². The molecule has 4 atom stereocenters. The first-order chi connectivity index (χ1) is 22.5. The maximum atomic E-state index is 5.09. The summed E-state index contributed by atoms with van der Waals surface area (Å²) in [6.07, 6.45) is 9.31. The van der Waals surface area contributed by atoms with Gasteiger partial charge in [-0.2, -0.15) is 0 Å². The van der Waals surface area contributed by atoms with Gasteiger partial charge in [-0.25, -0.2) is 15.0 Å². The average molecular weight is 604 g/mol.